The zero-order chi connectivity index (χ0) is 12.7. The fourth-order valence-electron chi connectivity index (χ4n) is 2.82. The Kier molecular flexibility index (Phi) is 2.47. The highest BCUT2D eigenvalue weighted by molar-refractivity contribution is 5.39. The van der Waals surface area contributed by atoms with Crippen molar-refractivity contribution in [1.29, 1.82) is 0 Å². The van der Waals surface area contributed by atoms with Crippen LogP contribution >= 0.6 is 0 Å². The van der Waals surface area contributed by atoms with Crippen molar-refractivity contribution in [3.63, 3.8) is 0 Å². The summed E-state index contributed by atoms with van der Waals surface area (Å²) in [5, 5.41) is 15.5. The zero-order valence-corrected chi connectivity index (χ0v) is 10.4. The van der Waals surface area contributed by atoms with Crippen LogP contribution in [0.2, 0.25) is 0 Å². The molecular weight excluding hydrogens is 248 g/mol. The Morgan fingerprint density at radius 1 is 1.00 bits per heavy atom. The normalized spacial score (nSPS) is 26.6. The summed E-state index contributed by atoms with van der Waals surface area (Å²) in [5.74, 6) is 0.549. The standard InChI is InChI=1S/C11H14N6O2/c1-3-16-4-2-8(1)17(6-5-16)11-15-14-10(19-11)9-13-12-7-18-9/h7-8H,1-6H2. The first-order chi connectivity index (χ1) is 9.40. The largest absolute Gasteiger partial charge is 0.420 e. The molecule has 2 bridgehead atoms. The zero-order valence-electron chi connectivity index (χ0n) is 10.4. The minimum absolute atomic E-state index is 0.265. The van der Waals surface area contributed by atoms with Crippen molar-refractivity contribution in [2.75, 3.05) is 31.1 Å². The highest BCUT2D eigenvalue weighted by Gasteiger charge is 2.32. The number of hydrogen-bond acceptors (Lipinski definition) is 8. The van der Waals surface area contributed by atoms with E-state index in [2.05, 4.69) is 30.2 Å². The topological polar surface area (TPSA) is 84.3 Å². The second-order valence-corrected chi connectivity index (χ2v) is 4.90. The Bertz CT molecular complexity index is 545. The molecule has 5 heterocycles. The van der Waals surface area contributed by atoms with Crippen LogP contribution in [0.15, 0.2) is 15.2 Å². The second-order valence-electron chi connectivity index (χ2n) is 4.90. The number of fused-ring (bicyclic) bond motifs is 4. The second kappa shape index (κ2) is 4.30. The van der Waals surface area contributed by atoms with Crippen LogP contribution in [0.5, 0.6) is 0 Å². The number of hydrogen-bond donors (Lipinski definition) is 0. The van der Waals surface area contributed by atoms with Crippen LogP contribution in [0.1, 0.15) is 12.8 Å². The van der Waals surface area contributed by atoms with E-state index in [0.29, 0.717) is 12.1 Å². The molecule has 0 unspecified atom stereocenters. The van der Waals surface area contributed by atoms with E-state index < -0.39 is 0 Å². The smallest absolute Gasteiger partial charge is 0.318 e. The number of anilines is 1. The van der Waals surface area contributed by atoms with E-state index in [1.54, 1.807) is 0 Å². The van der Waals surface area contributed by atoms with E-state index >= 15 is 0 Å². The van der Waals surface area contributed by atoms with Crippen LogP contribution in [0.25, 0.3) is 11.8 Å². The van der Waals surface area contributed by atoms with Crippen LogP contribution in [-0.4, -0.2) is 57.5 Å². The van der Waals surface area contributed by atoms with Crippen molar-refractivity contribution in [2.24, 2.45) is 0 Å². The van der Waals surface area contributed by atoms with Crippen molar-refractivity contribution < 1.29 is 8.83 Å². The third kappa shape index (κ3) is 1.88. The SMILES string of the molecule is c1nnc(-c2nnc(N3CCN4CCC3CC4)o2)o1. The van der Waals surface area contributed by atoms with Crippen LogP contribution in [0, 0.1) is 0 Å². The van der Waals surface area contributed by atoms with Gasteiger partial charge in [-0.1, -0.05) is 5.10 Å². The van der Waals surface area contributed by atoms with Gasteiger partial charge >= 0.3 is 17.8 Å². The number of aromatic nitrogens is 4. The first kappa shape index (κ1) is 10.9. The summed E-state index contributed by atoms with van der Waals surface area (Å²) in [6, 6.07) is 1.05. The van der Waals surface area contributed by atoms with Gasteiger partial charge in [0.1, 0.15) is 0 Å². The summed E-state index contributed by atoms with van der Waals surface area (Å²) in [5.41, 5.74) is 0. The van der Waals surface area contributed by atoms with Gasteiger partial charge in [0.25, 0.3) is 0 Å². The van der Waals surface area contributed by atoms with Crippen molar-refractivity contribution in [1.82, 2.24) is 25.3 Å². The molecule has 3 aliphatic heterocycles. The van der Waals surface area contributed by atoms with Gasteiger partial charge in [-0.15, -0.1) is 15.3 Å². The maximum Gasteiger partial charge on any atom is 0.318 e. The van der Waals surface area contributed by atoms with Gasteiger partial charge < -0.3 is 18.6 Å². The van der Waals surface area contributed by atoms with Crippen molar-refractivity contribution in [3.05, 3.63) is 6.39 Å². The molecule has 3 aliphatic rings. The third-order valence-electron chi connectivity index (χ3n) is 3.86. The van der Waals surface area contributed by atoms with Gasteiger partial charge in [0, 0.05) is 32.2 Å². The molecule has 0 atom stereocenters. The van der Waals surface area contributed by atoms with Gasteiger partial charge in [-0.2, -0.15) is 0 Å². The molecule has 19 heavy (non-hydrogen) atoms. The number of nitrogens with zero attached hydrogens (tertiary/aromatic N) is 6. The predicted octanol–water partition coefficient (Wildman–Crippen LogP) is 0.404. The molecule has 8 heteroatoms. The fourth-order valence-corrected chi connectivity index (χ4v) is 2.82. The van der Waals surface area contributed by atoms with E-state index in [9.17, 15) is 0 Å². The molecular formula is C11H14N6O2. The lowest BCUT2D eigenvalue weighted by molar-refractivity contribution is 0.249. The van der Waals surface area contributed by atoms with E-state index in [-0.39, 0.29) is 11.8 Å². The van der Waals surface area contributed by atoms with Crippen LogP contribution in [0.4, 0.5) is 6.01 Å². The molecule has 0 spiro atoms. The molecule has 100 valence electrons. The molecule has 0 saturated carbocycles. The molecule has 0 N–H and O–H groups in total. The molecule has 3 fully saturated rings. The van der Waals surface area contributed by atoms with Gasteiger partial charge in [-0.05, 0) is 12.8 Å². The summed E-state index contributed by atoms with van der Waals surface area (Å²) in [6.45, 7) is 4.29. The lowest BCUT2D eigenvalue weighted by atomic mass is 10.1. The average Bonchev–Trinajstić information content (AvgIpc) is 3.05. The van der Waals surface area contributed by atoms with Crippen LogP contribution in [0.3, 0.4) is 0 Å². The van der Waals surface area contributed by atoms with Gasteiger partial charge in [0.15, 0.2) is 0 Å². The Morgan fingerprint density at radius 2 is 1.89 bits per heavy atom. The molecule has 3 saturated heterocycles. The van der Waals surface area contributed by atoms with Crippen LogP contribution < -0.4 is 4.90 Å². The van der Waals surface area contributed by atoms with Gasteiger partial charge in [0.05, 0.1) is 0 Å². The van der Waals surface area contributed by atoms with E-state index in [4.69, 9.17) is 8.83 Å². The lowest BCUT2D eigenvalue weighted by Gasteiger charge is -2.29. The van der Waals surface area contributed by atoms with Crippen LogP contribution in [-0.2, 0) is 0 Å². The lowest BCUT2D eigenvalue weighted by Crippen LogP contribution is -2.38. The molecule has 0 aliphatic carbocycles. The summed E-state index contributed by atoms with van der Waals surface area (Å²) in [4.78, 5) is 4.69. The molecule has 0 aromatic carbocycles. The minimum atomic E-state index is 0.265. The Labute approximate surface area is 109 Å². The van der Waals surface area contributed by atoms with E-state index in [1.807, 2.05) is 0 Å². The Hall–Kier alpha value is -1.96. The highest BCUT2D eigenvalue weighted by atomic mass is 16.4. The van der Waals surface area contributed by atoms with E-state index in [0.717, 1.165) is 39.0 Å². The summed E-state index contributed by atoms with van der Waals surface area (Å²) >= 11 is 0. The molecule has 0 amide bonds. The van der Waals surface area contributed by atoms with Crippen molar-refractivity contribution in [2.45, 2.75) is 18.9 Å². The average molecular weight is 262 g/mol. The fraction of sp³-hybridized carbons (Fsp3) is 0.636. The Morgan fingerprint density at radius 3 is 2.68 bits per heavy atom. The minimum Gasteiger partial charge on any atom is -0.420 e. The Balaban J connectivity index is 1.62. The predicted molar refractivity (Wildman–Crippen MR) is 64.4 cm³/mol. The number of piperidine rings is 1. The summed E-state index contributed by atoms with van der Waals surface area (Å²) in [6.07, 6.45) is 3.55. The maximum atomic E-state index is 5.66. The van der Waals surface area contributed by atoms with Gasteiger partial charge in [-0.3, -0.25) is 0 Å². The first-order valence-electron chi connectivity index (χ1n) is 6.49. The molecule has 8 nitrogen and oxygen atoms in total. The first-order valence-corrected chi connectivity index (χ1v) is 6.49. The van der Waals surface area contributed by atoms with Crippen molar-refractivity contribution >= 4 is 6.01 Å². The molecule has 2 aromatic rings. The van der Waals surface area contributed by atoms with E-state index in [1.165, 1.54) is 6.39 Å². The molecule has 5 rings (SSSR count). The summed E-state index contributed by atoms with van der Waals surface area (Å²) in [7, 11) is 0. The van der Waals surface area contributed by atoms with Gasteiger partial charge in [0.2, 0.25) is 6.39 Å². The quantitative estimate of drug-likeness (QED) is 0.769. The summed E-state index contributed by atoms with van der Waals surface area (Å²) < 4.78 is 10.7. The molecule has 0 radical (unpaired) electrons. The maximum absolute atomic E-state index is 5.66. The third-order valence-corrected chi connectivity index (χ3v) is 3.86. The van der Waals surface area contributed by atoms with Gasteiger partial charge in [-0.25, -0.2) is 0 Å². The monoisotopic (exact) mass is 262 g/mol. The number of rotatable bonds is 2. The molecule has 2 aromatic heterocycles. The highest BCUT2D eigenvalue weighted by Crippen LogP contribution is 2.27. The van der Waals surface area contributed by atoms with Crippen molar-refractivity contribution in [3.8, 4) is 11.8 Å².